The summed E-state index contributed by atoms with van der Waals surface area (Å²) in [5.74, 6) is 0.0959. The second kappa shape index (κ2) is 6.39. The van der Waals surface area contributed by atoms with E-state index in [2.05, 4.69) is 5.23 Å². The molecule has 15 heavy (non-hydrogen) atoms. The standard InChI is InChI=1S/C9H16B3N2O/c1-7(15)6-14(11)9-5-3-2-4-8(9)13-12-10/h8-9,13H,2-6H2,1H3. The number of carbonyl (C=O) groups is 1. The molecule has 1 fully saturated rings. The van der Waals surface area contributed by atoms with Crippen LogP contribution in [0.4, 0.5) is 0 Å². The second-order valence-corrected chi connectivity index (χ2v) is 4.17. The number of rotatable bonds is 5. The molecule has 1 aliphatic carbocycles. The van der Waals surface area contributed by atoms with Crippen molar-refractivity contribution in [2.24, 2.45) is 0 Å². The lowest BCUT2D eigenvalue weighted by atomic mass is 9.65. The number of hydrogen-bond acceptors (Lipinski definition) is 3. The van der Waals surface area contributed by atoms with E-state index in [1.165, 1.54) is 20.1 Å². The van der Waals surface area contributed by atoms with Gasteiger partial charge < -0.3 is 10.0 Å². The summed E-state index contributed by atoms with van der Waals surface area (Å²) in [6.45, 7) is 1.87. The molecule has 0 aliphatic heterocycles. The predicted octanol–water partition coefficient (Wildman–Crippen LogP) is -0.436. The molecular formula is C9H16B3N2O. The molecule has 5 radical (unpaired) electrons. The molecule has 0 heterocycles. The summed E-state index contributed by atoms with van der Waals surface area (Å²) in [6.07, 6.45) is 4.44. The SMILES string of the molecule is [B][B]NC1CCCCC1N([B])CC(C)=O. The number of nitrogens with zero attached hydrogens (tertiary/aromatic N) is 1. The Hall–Kier alpha value is -0.215. The van der Waals surface area contributed by atoms with E-state index in [1.54, 1.807) is 11.7 Å². The third-order valence-electron chi connectivity index (χ3n) is 2.87. The van der Waals surface area contributed by atoms with Gasteiger partial charge >= 0.3 is 0 Å². The quantitative estimate of drug-likeness (QED) is 0.611. The summed E-state index contributed by atoms with van der Waals surface area (Å²) in [7, 11) is 12.7. The van der Waals surface area contributed by atoms with Crippen LogP contribution in [-0.4, -0.2) is 52.2 Å². The predicted molar refractivity (Wildman–Crippen MR) is 63.8 cm³/mol. The molecule has 6 heteroatoms. The Morgan fingerprint density at radius 1 is 1.53 bits per heavy atom. The zero-order valence-electron chi connectivity index (χ0n) is 9.28. The first-order valence-electron chi connectivity index (χ1n) is 5.45. The third kappa shape index (κ3) is 4.03. The van der Waals surface area contributed by atoms with Crippen LogP contribution in [-0.2, 0) is 4.79 Å². The van der Waals surface area contributed by atoms with Gasteiger partial charge in [0.05, 0.1) is 0 Å². The fourth-order valence-corrected chi connectivity index (χ4v) is 2.20. The van der Waals surface area contributed by atoms with E-state index < -0.39 is 0 Å². The Balaban J connectivity index is 2.50. The van der Waals surface area contributed by atoms with Crippen LogP contribution in [0.5, 0.6) is 0 Å². The molecule has 1 saturated carbocycles. The molecule has 0 spiro atoms. The number of nitrogens with one attached hydrogen (secondary N) is 1. The molecule has 1 N–H and O–H groups in total. The molecule has 0 aromatic heterocycles. The highest BCUT2D eigenvalue weighted by Crippen LogP contribution is 2.21. The van der Waals surface area contributed by atoms with Crippen LogP contribution >= 0.6 is 0 Å². The Morgan fingerprint density at radius 2 is 2.20 bits per heavy atom. The molecule has 0 aromatic carbocycles. The Labute approximate surface area is 95.4 Å². The van der Waals surface area contributed by atoms with Gasteiger partial charge in [-0.1, -0.05) is 12.8 Å². The van der Waals surface area contributed by atoms with Gasteiger partial charge in [-0.05, 0) is 19.8 Å². The van der Waals surface area contributed by atoms with Gasteiger partial charge in [-0.25, -0.2) is 0 Å². The smallest absolute Gasteiger partial charge is 0.183 e. The van der Waals surface area contributed by atoms with Crippen molar-refractivity contribution in [1.29, 1.82) is 0 Å². The number of carbonyl (C=O) groups excluding carboxylic acids is 1. The van der Waals surface area contributed by atoms with E-state index in [1.807, 2.05) is 0 Å². The van der Waals surface area contributed by atoms with E-state index >= 15 is 0 Å². The van der Waals surface area contributed by atoms with E-state index in [4.69, 9.17) is 15.7 Å². The van der Waals surface area contributed by atoms with E-state index in [0.717, 1.165) is 12.8 Å². The molecule has 0 bridgehead atoms. The van der Waals surface area contributed by atoms with Crippen LogP contribution in [0, 0.1) is 0 Å². The minimum Gasteiger partial charge on any atom is -0.365 e. The van der Waals surface area contributed by atoms with Crippen LogP contribution < -0.4 is 5.23 Å². The minimum absolute atomic E-state index is 0.0959. The van der Waals surface area contributed by atoms with Crippen molar-refractivity contribution in [2.45, 2.75) is 44.7 Å². The molecule has 3 nitrogen and oxygen atoms in total. The summed E-state index contributed by atoms with van der Waals surface area (Å²) in [5, 5.41) is 3.11. The lowest BCUT2D eigenvalue weighted by Gasteiger charge is -2.39. The van der Waals surface area contributed by atoms with Crippen molar-refractivity contribution in [2.75, 3.05) is 6.54 Å². The van der Waals surface area contributed by atoms with Gasteiger partial charge in [0.25, 0.3) is 0 Å². The van der Waals surface area contributed by atoms with Crippen molar-refractivity contribution in [3.8, 4) is 0 Å². The first-order chi connectivity index (χ1) is 7.15. The lowest BCUT2D eigenvalue weighted by Crippen LogP contribution is -2.53. The third-order valence-corrected chi connectivity index (χ3v) is 2.87. The van der Waals surface area contributed by atoms with Crippen molar-refractivity contribution in [3.63, 3.8) is 0 Å². The molecule has 1 aliphatic rings. The fraction of sp³-hybridized carbons (Fsp3) is 0.889. The van der Waals surface area contributed by atoms with E-state index in [0.29, 0.717) is 6.54 Å². The van der Waals surface area contributed by atoms with Gasteiger partial charge in [0.2, 0.25) is 0 Å². The van der Waals surface area contributed by atoms with Crippen molar-refractivity contribution in [3.05, 3.63) is 0 Å². The first-order valence-corrected chi connectivity index (χ1v) is 5.45. The zero-order valence-corrected chi connectivity index (χ0v) is 9.28. The molecular weight excluding hydrogens is 185 g/mol. The Kier molecular flexibility index (Phi) is 5.47. The number of ketones is 1. The highest BCUT2D eigenvalue weighted by Gasteiger charge is 2.27. The highest BCUT2D eigenvalue weighted by atomic mass is 16.1. The van der Waals surface area contributed by atoms with Crippen LogP contribution in [0.1, 0.15) is 32.6 Å². The average Bonchev–Trinajstić information content (AvgIpc) is 2.18. The van der Waals surface area contributed by atoms with Crippen LogP contribution in [0.25, 0.3) is 0 Å². The molecule has 1 rings (SSSR count). The lowest BCUT2D eigenvalue weighted by molar-refractivity contribution is -0.117. The molecule has 77 valence electrons. The van der Waals surface area contributed by atoms with Gasteiger partial charge in [0, 0.05) is 26.4 Å². The van der Waals surface area contributed by atoms with Crippen LogP contribution in [0.15, 0.2) is 0 Å². The van der Waals surface area contributed by atoms with Gasteiger partial charge in [-0.3, -0.25) is 4.79 Å². The summed E-state index contributed by atoms with van der Waals surface area (Å²) in [6, 6.07) is 0.482. The first kappa shape index (κ1) is 12.9. The normalized spacial score (nSPS) is 26.5. The second-order valence-electron chi connectivity index (χ2n) is 4.17. The van der Waals surface area contributed by atoms with Crippen molar-refractivity contribution in [1.82, 2.24) is 10.0 Å². The van der Waals surface area contributed by atoms with Crippen molar-refractivity contribution < 1.29 is 4.79 Å². The largest absolute Gasteiger partial charge is 0.365 e. The summed E-state index contributed by atoms with van der Waals surface area (Å²) < 4.78 is 0. The Morgan fingerprint density at radius 3 is 2.80 bits per heavy atom. The zero-order chi connectivity index (χ0) is 11.3. The average molecular weight is 201 g/mol. The van der Waals surface area contributed by atoms with E-state index in [-0.39, 0.29) is 17.9 Å². The van der Waals surface area contributed by atoms with Gasteiger partial charge in [-0.2, -0.15) is 0 Å². The van der Waals surface area contributed by atoms with Gasteiger partial charge in [0.15, 0.2) is 7.98 Å². The van der Waals surface area contributed by atoms with Crippen LogP contribution in [0.3, 0.4) is 0 Å². The van der Waals surface area contributed by atoms with E-state index in [9.17, 15) is 4.79 Å². The molecule has 2 atom stereocenters. The summed E-state index contributed by atoms with van der Waals surface area (Å²) in [4.78, 5) is 12.6. The van der Waals surface area contributed by atoms with Gasteiger partial charge in [-0.15, -0.1) is 0 Å². The topological polar surface area (TPSA) is 32.3 Å². The summed E-state index contributed by atoms with van der Waals surface area (Å²) >= 11 is 0. The van der Waals surface area contributed by atoms with Gasteiger partial charge in [0.1, 0.15) is 13.1 Å². The molecule has 2 unspecified atom stereocenters. The number of Topliss-reactive ketones (excluding diaryl/α,β-unsaturated/α-hetero) is 1. The molecule has 0 aromatic rings. The Bertz CT molecular complexity index is 214. The van der Waals surface area contributed by atoms with Crippen LogP contribution in [0.2, 0.25) is 0 Å². The fourth-order valence-electron chi connectivity index (χ4n) is 2.20. The summed E-state index contributed by atoms with van der Waals surface area (Å²) in [5.41, 5.74) is 0. The van der Waals surface area contributed by atoms with Crippen molar-refractivity contribution >= 4 is 28.8 Å². The maximum Gasteiger partial charge on any atom is 0.183 e. The minimum atomic E-state index is 0.0959. The maximum absolute atomic E-state index is 11.0. The maximum atomic E-state index is 11.0. The highest BCUT2D eigenvalue weighted by molar-refractivity contribution is 6.87. The molecule has 0 amide bonds. The molecule has 0 saturated heterocycles. The number of hydrogen-bond donors (Lipinski definition) is 1. The monoisotopic (exact) mass is 201 g/mol.